The molecule has 3 heteroatoms. The van der Waals surface area contributed by atoms with E-state index < -0.39 is 5.74 Å². The fourth-order valence-electron chi connectivity index (χ4n) is 1.02. The zero-order valence-electron chi connectivity index (χ0n) is 8.19. The average Bonchev–Trinajstić information content (AvgIpc) is 2.04. The molecule has 1 N–H and O–H groups in total. The summed E-state index contributed by atoms with van der Waals surface area (Å²) in [5, 5.41) is 0.941. The van der Waals surface area contributed by atoms with Gasteiger partial charge in [-0.25, -0.2) is 0 Å². The van der Waals surface area contributed by atoms with Crippen molar-refractivity contribution in [1.82, 2.24) is 0 Å². The Morgan fingerprint density at radius 2 is 1.62 bits per heavy atom. The Balaban J connectivity index is 3.17. The molecule has 0 aliphatic carbocycles. The molecular formula is C10H15OPSe. The third-order valence-electron chi connectivity index (χ3n) is 2.02. The van der Waals surface area contributed by atoms with Crippen LogP contribution in [0.5, 0.6) is 0 Å². The standard InChI is InChI=1S/C10H15OPSe/c1-10(2,3)12(11,13)9-7-5-4-6-8-9/h4-8H,1-3H3,(H,11,13). The second-order valence-electron chi connectivity index (χ2n) is 4.08. The van der Waals surface area contributed by atoms with E-state index in [9.17, 15) is 4.89 Å². The summed E-state index contributed by atoms with van der Waals surface area (Å²) in [4.78, 5) is 10.4. The van der Waals surface area contributed by atoms with Crippen LogP contribution in [-0.2, 0) is 0 Å². The van der Waals surface area contributed by atoms with Crippen LogP contribution in [0.3, 0.4) is 0 Å². The number of hydrogen-bond acceptors (Lipinski definition) is 1. The minimum absolute atomic E-state index is 0.0889. The third kappa shape index (κ3) is 2.33. The molecule has 0 heterocycles. The first kappa shape index (κ1) is 11.2. The molecule has 0 bridgehead atoms. The average molecular weight is 261 g/mol. The van der Waals surface area contributed by atoms with E-state index in [4.69, 9.17) is 0 Å². The predicted molar refractivity (Wildman–Crippen MR) is 60.7 cm³/mol. The molecule has 1 aromatic carbocycles. The molecule has 1 rings (SSSR count). The van der Waals surface area contributed by atoms with E-state index in [-0.39, 0.29) is 5.16 Å². The minimum atomic E-state index is -2.10. The van der Waals surface area contributed by atoms with Crippen molar-refractivity contribution < 1.29 is 4.89 Å². The van der Waals surface area contributed by atoms with Gasteiger partial charge in [-0.05, 0) is 0 Å². The summed E-state index contributed by atoms with van der Waals surface area (Å²) in [6.45, 7) is 6.18. The van der Waals surface area contributed by atoms with Crippen LogP contribution in [0.15, 0.2) is 30.3 Å². The number of hydrogen-bond donors (Lipinski definition) is 1. The van der Waals surface area contributed by atoms with Gasteiger partial charge in [-0.1, -0.05) is 0 Å². The molecule has 0 amide bonds. The van der Waals surface area contributed by atoms with Gasteiger partial charge in [-0.3, -0.25) is 0 Å². The van der Waals surface area contributed by atoms with Crippen LogP contribution >= 0.6 is 5.74 Å². The molecule has 0 aromatic heterocycles. The molecule has 0 aliphatic heterocycles. The van der Waals surface area contributed by atoms with Crippen molar-refractivity contribution in [2.24, 2.45) is 0 Å². The first-order chi connectivity index (χ1) is 5.86. The maximum atomic E-state index is 10.4. The van der Waals surface area contributed by atoms with E-state index in [0.717, 1.165) is 5.30 Å². The summed E-state index contributed by atoms with van der Waals surface area (Å²) in [7, 11) is 0. The normalized spacial score (nSPS) is 16.6. The van der Waals surface area contributed by atoms with Crippen LogP contribution in [0, 0.1) is 0 Å². The first-order valence-electron chi connectivity index (χ1n) is 4.24. The Morgan fingerprint density at radius 3 is 2.00 bits per heavy atom. The number of rotatable bonds is 1. The Labute approximate surface area is 87.5 Å². The van der Waals surface area contributed by atoms with Crippen LogP contribution in [0.2, 0.25) is 0 Å². The molecule has 1 nitrogen and oxygen atoms in total. The zero-order chi connectivity index (χ0) is 10.1. The van der Waals surface area contributed by atoms with E-state index in [1.165, 1.54) is 0 Å². The molecular weight excluding hydrogens is 246 g/mol. The van der Waals surface area contributed by atoms with Gasteiger partial charge < -0.3 is 0 Å². The van der Waals surface area contributed by atoms with Crippen molar-refractivity contribution in [3.8, 4) is 0 Å². The van der Waals surface area contributed by atoms with E-state index in [0.29, 0.717) is 0 Å². The fourth-order valence-corrected chi connectivity index (χ4v) is 3.13. The molecule has 0 fully saturated rings. The molecule has 0 radical (unpaired) electrons. The molecule has 1 atom stereocenters. The van der Waals surface area contributed by atoms with Gasteiger partial charge in [0.15, 0.2) is 0 Å². The first-order valence-corrected chi connectivity index (χ1v) is 8.20. The van der Waals surface area contributed by atoms with Crippen molar-refractivity contribution in [2.75, 3.05) is 0 Å². The van der Waals surface area contributed by atoms with Crippen molar-refractivity contribution in [3.63, 3.8) is 0 Å². The monoisotopic (exact) mass is 262 g/mol. The van der Waals surface area contributed by atoms with E-state index in [1.54, 1.807) is 0 Å². The quantitative estimate of drug-likeness (QED) is 0.606. The number of benzene rings is 1. The fraction of sp³-hybridized carbons (Fsp3) is 0.400. The Kier molecular flexibility index (Phi) is 3.20. The maximum absolute atomic E-state index is 10.4. The third-order valence-corrected chi connectivity index (χ3v) is 9.61. The Bertz CT molecular complexity index is 327. The van der Waals surface area contributed by atoms with Gasteiger partial charge in [0.05, 0.1) is 0 Å². The molecule has 0 aliphatic rings. The van der Waals surface area contributed by atoms with E-state index >= 15 is 0 Å². The van der Waals surface area contributed by atoms with Gasteiger partial charge in [0.1, 0.15) is 0 Å². The molecule has 1 unspecified atom stereocenters. The summed E-state index contributed by atoms with van der Waals surface area (Å²) in [6, 6.07) is 9.85. The molecule has 0 spiro atoms. The Hall–Kier alpha value is 0.129. The second-order valence-corrected chi connectivity index (χ2v) is 10.4. The summed E-state index contributed by atoms with van der Waals surface area (Å²) >= 11 is 2.98. The summed E-state index contributed by atoms with van der Waals surface area (Å²) in [6.07, 6.45) is 0. The molecule has 1 aromatic rings. The van der Waals surface area contributed by atoms with Crippen LogP contribution in [0.4, 0.5) is 0 Å². The topological polar surface area (TPSA) is 20.2 Å². The zero-order valence-corrected chi connectivity index (χ0v) is 10.8. The van der Waals surface area contributed by atoms with Crippen molar-refractivity contribution in [1.29, 1.82) is 0 Å². The van der Waals surface area contributed by atoms with Gasteiger partial charge >= 0.3 is 87.3 Å². The summed E-state index contributed by atoms with van der Waals surface area (Å²) < 4.78 is 0. The van der Waals surface area contributed by atoms with Gasteiger partial charge in [0, 0.05) is 0 Å². The van der Waals surface area contributed by atoms with Crippen LogP contribution in [0.1, 0.15) is 20.8 Å². The summed E-state index contributed by atoms with van der Waals surface area (Å²) in [5.74, 6) is 0. The second kappa shape index (κ2) is 3.71. The molecule has 0 saturated carbocycles. The molecule has 13 heavy (non-hydrogen) atoms. The van der Waals surface area contributed by atoms with Crippen molar-refractivity contribution in [2.45, 2.75) is 25.9 Å². The Morgan fingerprint density at radius 1 is 1.15 bits per heavy atom. The predicted octanol–water partition coefficient (Wildman–Crippen LogP) is 2.12. The van der Waals surface area contributed by atoms with Gasteiger partial charge in [-0.15, -0.1) is 0 Å². The van der Waals surface area contributed by atoms with Gasteiger partial charge in [0.25, 0.3) is 0 Å². The van der Waals surface area contributed by atoms with Gasteiger partial charge in [-0.2, -0.15) is 0 Å². The van der Waals surface area contributed by atoms with E-state index in [1.807, 2.05) is 30.3 Å². The van der Waals surface area contributed by atoms with Crippen molar-refractivity contribution >= 4 is 26.1 Å². The van der Waals surface area contributed by atoms with Crippen molar-refractivity contribution in [3.05, 3.63) is 30.3 Å². The van der Waals surface area contributed by atoms with Crippen LogP contribution in [-0.4, -0.2) is 25.1 Å². The van der Waals surface area contributed by atoms with E-state index in [2.05, 4.69) is 35.9 Å². The SMILES string of the molecule is CC(C)(C)P(O)(=[Se])c1ccccc1. The van der Waals surface area contributed by atoms with Crippen LogP contribution < -0.4 is 5.30 Å². The summed E-state index contributed by atoms with van der Waals surface area (Å²) in [5.41, 5.74) is -2.10. The van der Waals surface area contributed by atoms with Crippen LogP contribution in [0.25, 0.3) is 0 Å². The molecule has 72 valence electrons. The van der Waals surface area contributed by atoms with Gasteiger partial charge in [0.2, 0.25) is 0 Å². The molecule has 0 saturated heterocycles.